The Morgan fingerprint density at radius 1 is 1.10 bits per heavy atom. The molecule has 21 heavy (non-hydrogen) atoms. The van der Waals surface area contributed by atoms with E-state index in [-0.39, 0.29) is 5.91 Å². The molecule has 1 aromatic heterocycles. The number of hydrogen-bond acceptors (Lipinski definition) is 2. The van der Waals surface area contributed by atoms with Gasteiger partial charge in [0.2, 0.25) is 5.91 Å². The van der Waals surface area contributed by atoms with Crippen LogP contribution >= 0.6 is 15.9 Å². The minimum absolute atomic E-state index is 0.0498. The van der Waals surface area contributed by atoms with Crippen LogP contribution < -0.4 is 5.32 Å². The third-order valence-corrected chi connectivity index (χ3v) is 3.65. The smallest absolute Gasteiger partial charge is 0.228 e. The van der Waals surface area contributed by atoms with Crippen molar-refractivity contribution in [2.45, 2.75) is 6.42 Å². The summed E-state index contributed by atoms with van der Waals surface area (Å²) in [7, 11) is 0. The first-order valence-corrected chi connectivity index (χ1v) is 7.40. The highest BCUT2D eigenvalue weighted by Gasteiger charge is 2.07. The Bertz CT molecular complexity index is 796. The molecule has 0 spiro atoms. The highest BCUT2D eigenvalue weighted by atomic mass is 79.9. The first-order chi connectivity index (χ1) is 10.2. The third-order valence-electron chi connectivity index (χ3n) is 3.16. The predicted molar refractivity (Wildman–Crippen MR) is 88.2 cm³/mol. The molecule has 0 bridgehead atoms. The van der Waals surface area contributed by atoms with Crippen molar-refractivity contribution in [1.29, 1.82) is 0 Å². The van der Waals surface area contributed by atoms with E-state index >= 15 is 0 Å². The van der Waals surface area contributed by atoms with E-state index in [0.717, 1.165) is 26.6 Å². The summed E-state index contributed by atoms with van der Waals surface area (Å²) >= 11 is 3.41. The number of aromatic nitrogens is 1. The zero-order valence-electron chi connectivity index (χ0n) is 11.2. The molecule has 3 aromatic rings. The van der Waals surface area contributed by atoms with Crippen LogP contribution in [0.5, 0.6) is 0 Å². The Morgan fingerprint density at radius 3 is 2.76 bits per heavy atom. The van der Waals surface area contributed by atoms with Crippen molar-refractivity contribution in [3.8, 4) is 0 Å². The van der Waals surface area contributed by atoms with Gasteiger partial charge in [-0.3, -0.25) is 9.78 Å². The number of para-hydroxylation sites is 1. The SMILES string of the molecule is O=C(Cc1cccc(Br)c1)Nc1cccc2cccnc12. The Morgan fingerprint density at radius 2 is 1.90 bits per heavy atom. The minimum Gasteiger partial charge on any atom is -0.324 e. The normalized spacial score (nSPS) is 10.5. The van der Waals surface area contributed by atoms with E-state index in [9.17, 15) is 4.79 Å². The van der Waals surface area contributed by atoms with Gasteiger partial charge < -0.3 is 5.32 Å². The van der Waals surface area contributed by atoms with Crippen LogP contribution in [0.3, 0.4) is 0 Å². The quantitative estimate of drug-likeness (QED) is 0.777. The molecule has 0 aliphatic carbocycles. The number of halogens is 1. The summed E-state index contributed by atoms with van der Waals surface area (Å²) in [5.41, 5.74) is 2.52. The van der Waals surface area contributed by atoms with Gasteiger partial charge in [-0.05, 0) is 29.8 Å². The average molecular weight is 341 g/mol. The number of benzene rings is 2. The summed E-state index contributed by atoms with van der Waals surface area (Å²) in [6, 6.07) is 17.4. The Kier molecular flexibility index (Phi) is 3.97. The summed E-state index contributed by atoms with van der Waals surface area (Å²) < 4.78 is 0.972. The van der Waals surface area contributed by atoms with E-state index in [0.29, 0.717) is 6.42 Å². The number of nitrogens with one attached hydrogen (secondary N) is 1. The highest BCUT2D eigenvalue weighted by molar-refractivity contribution is 9.10. The molecule has 3 nitrogen and oxygen atoms in total. The Labute approximate surface area is 131 Å². The lowest BCUT2D eigenvalue weighted by molar-refractivity contribution is -0.115. The lowest BCUT2D eigenvalue weighted by atomic mass is 10.1. The lowest BCUT2D eigenvalue weighted by Crippen LogP contribution is -2.14. The second-order valence-electron chi connectivity index (χ2n) is 4.74. The van der Waals surface area contributed by atoms with Crippen LogP contribution in [-0.4, -0.2) is 10.9 Å². The summed E-state index contributed by atoms with van der Waals surface area (Å²) in [6.07, 6.45) is 2.06. The molecule has 1 N–H and O–H groups in total. The van der Waals surface area contributed by atoms with E-state index in [1.54, 1.807) is 6.20 Å². The molecule has 0 fully saturated rings. The van der Waals surface area contributed by atoms with Crippen molar-refractivity contribution in [2.75, 3.05) is 5.32 Å². The van der Waals surface area contributed by atoms with Gasteiger partial charge in [-0.25, -0.2) is 0 Å². The van der Waals surface area contributed by atoms with E-state index in [2.05, 4.69) is 26.2 Å². The Hall–Kier alpha value is -2.20. The van der Waals surface area contributed by atoms with E-state index in [1.165, 1.54) is 0 Å². The summed E-state index contributed by atoms with van der Waals surface area (Å²) in [5, 5.41) is 3.95. The van der Waals surface area contributed by atoms with E-state index in [4.69, 9.17) is 0 Å². The largest absolute Gasteiger partial charge is 0.324 e. The van der Waals surface area contributed by atoms with Gasteiger partial charge in [0.25, 0.3) is 0 Å². The standard InChI is InChI=1S/C17H13BrN2O/c18-14-7-1-4-12(10-14)11-16(21)20-15-8-2-5-13-6-3-9-19-17(13)15/h1-10H,11H2,(H,20,21). The zero-order valence-corrected chi connectivity index (χ0v) is 12.8. The zero-order chi connectivity index (χ0) is 14.7. The summed E-state index contributed by atoms with van der Waals surface area (Å²) in [6.45, 7) is 0. The maximum Gasteiger partial charge on any atom is 0.228 e. The molecule has 0 radical (unpaired) electrons. The van der Waals surface area contributed by atoms with Gasteiger partial charge in [-0.1, -0.05) is 46.3 Å². The number of nitrogens with zero attached hydrogens (tertiary/aromatic N) is 1. The second-order valence-corrected chi connectivity index (χ2v) is 5.65. The van der Waals surface area contributed by atoms with Crippen molar-refractivity contribution in [1.82, 2.24) is 4.98 Å². The van der Waals surface area contributed by atoms with E-state index < -0.39 is 0 Å². The lowest BCUT2D eigenvalue weighted by Gasteiger charge is -2.08. The molecule has 3 rings (SSSR count). The molecule has 0 saturated carbocycles. The van der Waals surface area contributed by atoms with Crippen molar-refractivity contribution >= 4 is 38.4 Å². The fourth-order valence-electron chi connectivity index (χ4n) is 2.23. The maximum absolute atomic E-state index is 12.2. The topological polar surface area (TPSA) is 42.0 Å². The molecule has 0 atom stereocenters. The first-order valence-electron chi connectivity index (χ1n) is 6.60. The van der Waals surface area contributed by atoms with Crippen molar-refractivity contribution in [3.63, 3.8) is 0 Å². The summed E-state index contributed by atoms with van der Waals surface area (Å²) in [5.74, 6) is -0.0498. The molecule has 1 heterocycles. The molecule has 4 heteroatoms. The number of amides is 1. The van der Waals surface area contributed by atoms with Crippen molar-refractivity contribution in [3.05, 3.63) is 70.8 Å². The fourth-order valence-corrected chi connectivity index (χ4v) is 2.68. The molecule has 2 aromatic carbocycles. The van der Waals surface area contributed by atoms with Crippen LogP contribution in [-0.2, 0) is 11.2 Å². The molecule has 1 amide bonds. The summed E-state index contributed by atoms with van der Waals surface area (Å²) in [4.78, 5) is 16.5. The number of carbonyl (C=O) groups excluding carboxylic acids is 1. The molecule has 0 aliphatic heterocycles. The first kappa shape index (κ1) is 13.8. The molecule has 0 aliphatic rings. The minimum atomic E-state index is -0.0498. The van der Waals surface area contributed by atoms with Crippen LogP contribution in [0.25, 0.3) is 10.9 Å². The van der Waals surface area contributed by atoms with Crippen molar-refractivity contribution in [2.24, 2.45) is 0 Å². The van der Waals surface area contributed by atoms with Crippen LogP contribution in [0.1, 0.15) is 5.56 Å². The Balaban J connectivity index is 1.80. The number of rotatable bonds is 3. The van der Waals surface area contributed by atoms with Crippen LogP contribution in [0, 0.1) is 0 Å². The highest BCUT2D eigenvalue weighted by Crippen LogP contribution is 2.21. The van der Waals surface area contributed by atoms with Gasteiger partial charge in [-0.15, -0.1) is 0 Å². The van der Waals surface area contributed by atoms with Gasteiger partial charge in [-0.2, -0.15) is 0 Å². The molecule has 0 saturated heterocycles. The monoisotopic (exact) mass is 340 g/mol. The number of hydrogen-bond donors (Lipinski definition) is 1. The number of anilines is 1. The van der Waals surface area contributed by atoms with Crippen LogP contribution in [0.15, 0.2) is 65.3 Å². The average Bonchev–Trinajstić information content (AvgIpc) is 2.47. The van der Waals surface area contributed by atoms with Gasteiger partial charge in [0.1, 0.15) is 0 Å². The maximum atomic E-state index is 12.2. The predicted octanol–water partition coefficient (Wildman–Crippen LogP) is 4.18. The molecule has 0 unspecified atom stereocenters. The van der Waals surface area contributed by atoms with Gasteiger partial charge in [0.15, 0.2) is 0 Å². The second kappa shape index (κ2) is 6.06. The number of fused-ring (bicyclic) bond motifs is 1. The van der Waals surface area contributed by atoms with Crippen LogP contribution in [0.2, 0.25) is 0 Å². The van der Waals surface area contributed by atoms with Gasteiger partial charge >= 0.3 is 0 Å². The van der Waals surface area contributed by atoms with Crippen LogP contribution in [0.4, 0.5) is 5.69 Å². The molecule has 104 valence electrons. The van der Waals surface area contributed by atoms with E-state index in [1.807, 2.05) is 54.6 Å². The molecular formula is C17H13BrN2O. The number of carbonyl (C=O) groups is 1. The number of pyridine rings is 1. The van der Waals surface area contributed by atoms with Crippen molar-refractivity contribution < 1.29 is 4.79 Å². The fraction of sp³-hybridized carbons (Fsp3) is 0.0588. The molecular weight excluding hydrogens is 328 g/mol. The van der Waals surface area contributed by atoms with Gasteiger partial charge in [0, 0.05) is 16.1 Å². The third kappa shape index (κ3) is 3.28. The van der Waals surface area contributed by atoms with Gasteiger partial charge in [0.05, 0.1) is 17.6 Å².